The second-order valence-electron chi connectivity index (χ2n) is 2.27. The normalized spacial score (nSPS) is 10.3. The number of aromatic nitrogens is 3. The van der Waals surface area contributed by atoms with E-state index in [4.69, 9.17) is 4.74 Å². The molecule has 11 heavy (non-hydrogen) atoms. The lowest BCUT2D eigenvalue weighted by molar-refractivity contribution is 0.124. The summed E-state index contributed by atoms with van der Waals surface area (Å²) in [6.07, 6.45) is 4.28. The van der Waals surface area contributed by atoms with Crippen LogP contribution in [0, 0.1) is 0 Å². The molecule has 0 saturated carbocycles. The minimum Gasteiger partial charge on any atom is -0.380 e. The van der Waals surface area contributed by atoms with Gasteiger partial charge in [0.2, 0.25) is 0 Å². The van der Waals surface area contributed by atoms with Crippen LogP contribution in [0.4, 0.5) is 0 Å². The van der Waals surface area contributed by atoms with Gasteiger partial charge in [-0.1, -0.05) is 6.92 Å². The van der Waals surface area contributed by atoms with E-state index in [0.717, 1.165) is 26.2 Å². The molecule has 0 saturated heterocycles. The molecule has 62 valence electrons. The van der Waals surface area contributed by atoms with Crippen LogP contribution < -0.4 is 0 Å². The second kappa shape index (κ2) is 4.85. The van der Waals surface area contributed by atoms with E-state index in [9.17, 15) is 0 Å². The summed E-state index contributed by atoms with van der Waals surface area (Å²) in [5, 5.41) is 3.94. The Kier molecular flexibility index (Phi) is 3.61. The molecule has 0 aliphatic heterocycles. The molecule has 0 bridgehead atoms. The Morgan fingerprint density at radius 1 is 1.45 bits per heavy atom. The van der Waals surface area contributed by atoms with Crippen LogP contribution in [-0.2, 0) is 11.3 Å². The molecule has 0 N–H and O–H groups in total. The Balaban J connectivity index is 2.04. The summed E-state index contributed by atoms with van der Waals surface area (Å²) in [5.74, 6) is 0. The minimum absolute atomic E-state index is 0.719. The van der Waals surface area contributed by atoms with E-state index in [0.29, 0.717) is 0 Å². The lowest BCUT2D eigenvalue weighted by Gasteiger charge is -2.00. The predicted molar refractivity (Wildman–Crippen MR) is 41.1 cm³/mol. The summed E-state index contributed by atoms with van der Waals surface area (Å²) in [5.41, 5.74) is 0. The van der Waals surface area contributed by atoms with Crippen molar-refractivity contribution >= 4 is 0 Å². The van der Waals surface area contributed by atoms with E-state index in [1.807, 2.05) is 0 Å². The number of nitrogens with zero attached hydrogens (tertiary/aromatic N) is 3. The fraction of sp³-hybridized carbons (Fsp3) is 0.714. The summed E-state index contributed by atoms with van der Waals surface area (Å²) in [4.78, 5) is 3.82. The van der Waals surface area contributed by atoms with E-state index in [-0.39, 0.29) is 0 Å². The van der Waals surface area contributed by atoms with Crippen molar-refractivity contribution in [3.63, 3.8) is 0 Å². The lowest BCUT2D eigenvalue weighted by atomic mass is 10.5. The largest absolute Gasteiger partial charge is 0.380 e. The van der Waals surface area contributed by atoms with Crippen molar-refractivity contribution in [2.75, 3.05) is 13.2 Å². The number of ether oxygens (including phenoxy) is 1. The summed E-state index contributed by atoms with van der Waals surface area (Å²) < 4.78 is 7.03. The van der Waals surface area contributed by atoms with E-state index >= 15 is 0 Å². The molecule has 0 radical (unpaired) electrons. The highest BCUT2D eigenvalue weighted by molar-refractivity contribution is 4.54. The molecule has 1 heterocycles. The lowest BCUT2D eigenvalue weighted by Crippen LogP contribution is -2.06. The van der Waals surface area contributed by atoms with E-state index in [1.165, 1.54) is 6.33 Å². The van der Waals surface area contributed by atoms with Crippen LogP contribution in [0.15, 0.2) is 12.7 Å². The molecule has 0 amide bonds. The van der Waals surface area contributed by atoms with Crippen molar-refractivity contribution in [3.8, 4) is 0 Å². The smallest absolute Gasteiger partial charge is 0.137 e. The summed E-state index contributed by atoms with van der Waals surface area (Å²) in [6, 6.07) is 0. The van der Waals surface area contributed by atoms with Crippen LogP contribution in [0.5, 0.6) is 0 Å². The third kappa shape index (κ3) is 3.13. The van der Waals surface area contributed by atoms with Gasteiger partial charge in [0.05, 0.1) is 13.2 Å². The quantitative estimate of drug-likeness (QED) is 0.588. The van der Waals surface area contributed by atoms with E-state index in [1.54, 1.807) is 11.0 Å². The Bertz CT molecular complexity index is 174. The van der Waals surface area contributed by atoms with Gasteiger partial charge in [0, 0.05) is 6.61 Å². The Labute approximate surface area is 66.2 Å². The summed E-state index contributed by atoms with van der Waals surface area (Å²) >= 11 is 0. The van der Waals surface area contributed by atoms with Gasteiger partial charge >= 0.3 is 0 Å². The highest BCUT2D eigenvalue weighted by Crippen LogP contribution is 1.83. The Morgan fingerprint density at radius 3 is 3.00 bits per heavy atom. The molecule has 1 aromatic rings. The maximum atomic E-state index is 5.27. The first kappa shape index (κ1) is 8.20. The van der Waals surface area contributed by atoms with Gasteiger partial charge in [-0.25, -0.2) is 4.98 Å². The molecule has 0 aliphatic carbocycles. The van der Waals surface area contributed by atoms with E-state index < -0.39 is 0 Å². The van der Waals surface area contributed by atoms with Crippen molar-refractivity contribution < 1.29 is 4.74 Å². The number of rotatable bonds is 5. The first-order valence-corrected chi connectivity index (χ1v) is 3.83. The Morgan fingerprint density at radius 2 is 2.36 bits per heavy atom. The van der Waals surface area contributed by atoms with Crippen LogP contribution in [0.25, 0.3) is 0 Å². The predicted octanol–water partition coefficient (Wildman–Crippen LogP) is 0.705. The number of hydrogen-bond acceptors (Lipinski definition) is 3. The van der Waals surface area contributed by atoms with Gasteiger partial charge in [0.25, 0.3) is 0 Å². The summed E-state index contributed by atoms with van der Waals surface area (Å²) in [6.45, 7) is 4.43. The van der Waals surface area contributed by atoms with Gasteiger partial charge in [0.15, 0.2) is 0 Å². The zero-order valence-corrected chi connectivity index (χ0v) is 6.73. The topological polar surface area (TPSA) is 39.9 Å². The number of hydrogen-bond donors (Lipinski definition) is 0. The first-order valence-electron chi connectivity index (χ1n) is 3.83. The van der Waals surface area contributed by atoms with Gasteiger partial charge in [-0.2, -0.15) is 5.10 Å². The van der Waals surface area contributed by atoms with Gasteiger partial charge in [0.1, 0.15) is 12.7 Å². The molecule has 0 aromatic carbocycles. The minimum atomic E-state index is 0.719. The molecule has 4 nitrogen and oxygen atoms in total. The first-order chi connectivity index (χ1) is 5.43. The van der Waals surface area contributed by atoms with Gasteiger partial charge in [-0.3, -0.25) is 4.68 Å². The average molecular weight is 155 g/mol. The third-order valence-corrected chi connectivity index (χ3v) is 1.28. The second-order valence-corrected chi connectivity index (χ2v) is 2.27. The zero-order chi connectivity index (χ0) is 7.94. The van der Waals surface area contributed by atoms with Crippen LogP contribution in [0.2, 0.25) is 0 Å². The molecule has 1 aromatic heterocycles. The standard InChI is InChI=1S/C7H13N3O/c1-2-4-11-5-3-10-7-8-6-9-10/h6-7H,2-5H2,1H3. The van der Waals surface area contributed by atoms with Gasteiger partial charge in [-0.15, -0.1) is 0 Å². The molecule has 0 fully saturated rings. The molecule has 0 unspecified atom stereocenters. The molecular weight excluding hydrogens is 142 g/mol. The van der Waals surface area contributed by atoms with Gasteiger partial charge < -0.3 is 4.74 Å². The highest BCUT2D eigenvalue weighted by Gasteiger charge is 1.89. The van der Waals surface area contributed by atoms with Crippen molar-refractivity contribution in [3.05, 3.63) is 12.7 Å². The monoisotopic (exact) mass is 155 g/mol. The molecular formula is C7H13N3O. The molecule has 4 heteroatoms. The van der Waals surface area contributed by atoms with Crippen LogP contribution in [0.3, 0.4) is 0 Å². The van der Waals surface area contributed by atoms with Crippen molar-refractivity contribution in [1.82, 2.24) is 14.8 Å². The molecule has 1 rings (SSSR count). The molecule has 0 aliphatic rings. The fourth-order valence-electron chi connectivity index (χ4n) is 0.753. The highest BCUT2D eigenvalue weighted by atomic mass is 16.5. The molecule has 0 atom stereocenters. The molecule has 0 spiro atoms. The van der Waals surface area contributed by atoms with Crippen molar-refractivity contribution in [2.45, 2.75) is 19.9 Å². The van der Waals surface area contributed by atoms with Crippen molar-refractivity contribution in [2.24, 2.45) is 0 Å². The zero-order valence-electron chi connectivity index (χ0n) is 6.73. The maximum absolute atomic E-state index is 5.27. The van der Waals surface area contributed by atoms with Gasteiger partial charge in [-0.05, 0) is 6.42 Å². The van der Waals surface area contributed by atoms with Crippen LogP contribution in [0.1, 0.15) is 13.3 Å². The SMILES string of the molecule is CCCOCCn1cncn1. The fourth-order valence-corrected chi connectivity index (χ4v) is 0.753. The van der Waals surface area contributed by atoms with Crippen molar-refractivity contribution in [1.29, 1.82) is 0 Å². The third-order valence-electron chi connectivity index (χ3n) is 1.28. The van der Waals surface area contributed by atoms with Crippen LogP contribution >= 0.6 is 0 Å². The Hall–Kier alpha value is -0.900. The average Bonchev–Trinajstić information content (AvgIpc) is 2.50. The van der Waals surface area contributed by atoms with Crippen LogP contribution in [-0.4, -0.2) is 28.0 Å². The maximum Gasteiger partial charge on any atom is 0.137 e. The van der Waals surface area contributed by atoms with E-state index in [2.05, 4.69) is 17.0 Å². The summed E-state index contributed by atoms with van der Waals surface area (Å²) in [7, 11) is 0.